The van der Waals surface area contributed by atoms with E-state index in [0.29, 0.717) is 35.5 Å². The average molecular weight is 368 g/mol. The Morgan fingerprint density at radius 2 is 1.92 bits per heavy atom. The van der Waals surface area contributed by atoms with Crippen molar-refractivity contribution >= 4 is 21.4 Å². The summed E-state index contributed by atoms with van der Waals surface area (Å²) in [5.41, 5.74) is 0.574. The number of nitrogens with zero attached hydrogens (tertiary/aromatic N) is 3. The molecule has 0 spiro atoms. The van der Waals surface area contributed by atoms with Crippen LogP contribution in [0.15, 0.2) is 28.6 Å². The first-order chi connectivity index (χ1) is 11.3. The molecule has 1 aliphatic heterocycles. The van der Waals surface area contributed by atoms with Gasteiger partial charge < -0.3 is 0 Å². The molecule has 0 bridgehead atoms. The third kappa shape index (κ3) is 3.30. The highest BCUT2D eigenvalue weighted by molar-refractivity contribution is 7.89. The van der Waals surface area contributed by atoms with Gasteiger partial charge in [-0.2, -0.15) is 9.40 Å². The molecule has 1 aliphatic rings. The van der Waals surface area contributed by atoms with Crippen molar-refractivity contribution in [3.8, 4) is 10.6 Å². The maximum absolute atomic E-state index is 13.3. The van der Waals surface area contributed by atoms with E-state index in [0.717, 1.165) is 11.3 Å². The summed E-state index contributed by atoms with van der Waals surface area (Å²) in [6, 6.07) is 3.97. The van der Waals surface area contributed by atoms with E-state index in [-0.39, 0.29) is 6.04 Å². The SMILES string of the molecule is CC1CC(C)CN(S(=O)(=O)c2cn(C(C)C)nc2-c2cccs2)C1. The summed E-state index contributed by atoms with van der Waals surface area (Å²) in [7, 11) is -3.54. The minimum atomic E-state index is -3.54. The lowest BCUT2D eigenvalue weighted by molar-refractivity contribution is 0.222. The quantitative estimate of drug-likeness (QED) is 0.824. The maximum atomic E-state index is 13.3. The first kappa shape index (κ1) is 17.6. The predicted molar refractivity (Wildman–Crippen MR) is 97.6 cm³/mol. The standard InChI is InChI=1S/C17H25N3O2S2/c1-12(2)20-11-16(17(18-20)15-6-5-7-23-15)24(21,22)19-9-13(3)8-14(4)10-19/h5-7,11-14H,8-10H2,1-4H3. The van der Waals surface area contributed by atoms with Crippen LogP contribution in [0.4, 0.5) is 0 Å². The monoisotopic (exact) mass is 367 g/mol. The number of rotatable bonds is 4. The third-order valence-electron chi connectivity index (χ3n) is 4.44. The second kappa shape index (κ2) is 6.61. The lowest BCUT2D eigenvalue weighted by Crippen LogP contribution is -2.42. The van der Waals surface area contributed by atoms with Gasteiger partial charge in [-0.25, -0.2) is 8.42 Å². The molecule has 7 heteroatoms. The molecule has 0 aromatic carbocycles. The Balaban J connectivity index is 2.07. The fourth-order valence-corrected chi connectivity index (χ4v) is 5.96. The van der Waals surface area contributed by atoms with E-state index in [1.807, 2.05) is 31.4 Å². The number of thiophene rings is 1. The van der Waals surface area contributed by atoms with Gasteiger partial charge in [-0.1, -0.05) is 19.9 Å². The van der Waals surface area contributed by atoms with Gasteiger partial charge in [0, 0.05) is 25.3 Å². The molecular formula is C17H25N3O2S2. The van der Waals surface area contributed by atoms with Crippen molar-refractivity contribution < 1.29 is 8.42 Å². The first-order valence-electron chi connectivity index (χ1n) is 8.42. The minimum absolute atomic E-state index is 0.117. The van der Waals surface area contributed by atoms with Crippen molar-refractivity contribution in [2.24, 2.45) is 11.8 Å². The highest BCUT2D eigenvalue weighted by atomic mass is 32.2. The number of hydrogen-bond acceptors (Lipinski definition) is 4. The van der Waals surface area contributed by atoms with Crippen LogP contribution in [0.5, 0.6) is 0 Å². The van der Waals surface area contributed by atoms with Crippen LogP contribution >= 0.6 is 11.3 Å². The summed E-state index contributed by atoms with van der Waals surface area (Å²) in [6.07, 6.45) is 2.77. The summed E-state index contributed by atoms with van der Waals surface area (Å²) in [4.78, 5) is 1.23. The Morgan fingerprint density at radius 3 is 2.46 bits per heavy atom. The van der Waals surface area contributed by atoms with E-state index in [1.165, 1.54) is 11.3 Å². The molecule has 0 saturated carbocycles. The van der Waals surface area contributed by atoms with Gasteiger partial charge >= 0.3 is 0 Å². The molecule has 2 aromatic heterocycles. The Kier molecular flexibility index (Phi) is 4.86. The Hall–Kier alpha value is -1.18. The lowest BCUT2D eigenvalue weighted by atomic mass is 9.94. The van der Waals surface area contributed by atoms with Gasteiger partial charge in [-0.15, -0.1) is 11.3 Å². The Bertz CT molecular complexity index is 784. The molecule has 0 amide bonds. The smallest absolute Gasteiger partial charge is 0.246 e. The van der Waals surface area contributed by atoms with Crippen LogP contribution in [0.2, 0.25) is 0 Å². The van der Waals surface area contributed by atoms with Crippen LogP contribution in [-0.4, -0.2) is 35.6 Å². The van der Waals surface area contributed by atoms with Crippen LogP contribution in [-0.2, 0) is 10.0 Å². The largest absolute Gasteiger partial charge is 0.268 e. The summed E-state index contributed by atoms with van der Waals surface area (Å²) in [6.45, 7) is 9.43. The second-order valence-electron chi connectivity index (χ2n) is 7.16. The predicted octanol–water partition coefficient (Wildman–Crippen LogP) is 3.86. The van der Waals surface area contributed by atoms with Crippen molar-refractivity contribution in [2.45, 2.75) is 45.1 Å². The van der Waals surface area contributed by atoms with E-state index < -0.39 is 10.0 Å². The topological polar surface area (TPSA) is 55.2 Å². The van der Waals surface area contributed by atoms with E-state index >= 15 is 0 Å². The van der Waals surface area contributed by atoms with Crippen LogP contribution in [0.1, 0.15) is 40.2 Å². The summed E-state index contributed by atoms with van der Waals surface area (Å²) in [5, 5.41) is 6.52. The first-order valence-corrected chi connectivity index (χ1v) is 10.7. The summed E-state index contributed by atoms with van der Waals surface area (Å²) >= 11 is 1.52. The van der Waals surface area contributed by atoms with Gasteiger partial charge in [-0.05, 0) is 43.6 Å². The molecule has 3 heterocycles. The fraction of sp³-hybridized carbons (Fsp3) is 0.588. The molecule has 1 fully saturated rings. The molecule has 2 aromatic rings. The van der Waals surface area contributed by atoms with Gasteiger partial charge in [0.15, 0.2) is 0 Å². The number of aromatic nitrogens is 2. The van der Waals surface area contributed by atoms with Gasteiger partial charge in [0.2, 0.25) is 10.0 Å². The van der Waals surface area contributed by atoms with Gasteiger partial charge in [-0.3, -0.25) is 4.68 Å². The van der Waals surface area contributed by atoms with E-state index in [9.17, 15) is 8.42 Å². The average Bonchev–Trinajstić information content (AvgIpc) is 3.15. The number of piperidine rings is 1. The van der Waals surface area contributed by atoms with Crippen molar-refractivity contribution in [3.63, 3.8) is 0 Å². The summed E-state index contributed by atoms with van der Waals surface area (Å²) in [5.74, 6) is 0.766. The van der Waals surface area contributed by atoms with Gasteiger partial charge in [0.1, 0.15) is 10.6 Å². The molecule has 0 N–H and O–H groups in total. The van der Waals surface area contributed by atoms with Crippen LogP contribution in [0, 0.1) is 11.8 Å². The van der Waals surface area contributed by atoms with Crippen molar-refractivity contribution in [3.05, 3.63) is 23.7 Å². The zero-order valence-corrected chi connectivity index (χ0v) is 16.3. The highest BCUT2D eigenvalue weighted by Gasteiger charge is 2.35. The normalized spacial score (nSPS) is 23.0. The highest BCUT2D eigenvalue weighted by Crippen LogP contribution is 2.34. The van der Waals surface area contributed by atoms with Gasteiger partial charge in [0.25, 0.3) is 0 Å². The molecule has 24 heavy (non-hydrogen) atoms. The van der Waals surface area contributed by atoms with E-state index in [1.54, 1.807) is 15.2 Å². The molecule has 132 valence electrons. The Morgan fingerprint density at radius 1 is 1.25 bits per heavy atom. The van der Waals surface area contributed by atoms with Crippen LogP contribution in [0.25, 0.3) is 10.6 Å². The molecule has 0 radical (unpaired) electrons. The van der Waals surface area contributed by atoms with E-state index in [2.05, 4.69) is 18.9 Å². The number of sulfonamides is 1. The van der Waals surface area contributed by atoms with Crippen molar-refractivity contribution in [2.75, 3.05) is 13.1 Å². The molecule has 2 atom stereocenters. The van der Waals surface area contributed by atoms with Crippen molar-refractivity contribution in [1.29, 1.82) is 0 Å². The van der Waals surface area contributed by atoms with Crippen LogP contribution in [0.3, 0.4) is 0 Å². The fourth-order valence-electron chi connectivity index (χ4n) is 3.35. The van der Waals surface area contributed by atoms with E-state index in [4.69, 9.17) is 0 Å². The van der Waals surface area contributed by atoms with Gasteiger partial charge in [0.05, 0.1) is 4.88 Å². The zero-order chi connectivity index (χ0) is 17.5. The second-order valence-corrected chi connectivity index (χ2v) is 10.0. The maximum Gasteiger partial charge on any atom is 0.246 e. The molecular weight excluding hydrogens is 342 g/mol. The summed E-state index contributed by atoms with van der Waals surface area (Å²) < 4.78 is 30.0. The van der Waals surface area contributed by atoms with Crippen molar-refractivity contribution in [1.82, 2.24) is 14.1 Å². The third-order valence-corrected chi connectivity index (χ3v) is 7.14. The molecule has 5 nitrogen and oxygen atoms in total. The molecule has 2 unspecified atom stereocenters. The lowest BCUT2D eigenvalue weighted by Gasteiger charge is -2.33. The molecule has 1 saturated heterocycles. The van der Waals surface area contributed by atoms with Crippen LogP contribution < -0.4 is 0 Å². The molecule has 0 aliphatic carbocycles. The minimum Gasteiger partial charge on any atom is -0.268 e. The number of hydrogen-bond donors (Lipinski definition) is 0. The molecule has 3 rings (SSSR count). The Labute approximate surface area is 148 Å². The zero-order valence-electron chi connectivity index (χ0n) is 14.6.